The highest BCUT2D eigenvalue weighted by Gasteiger charge is 2.35. The Bertz CT molecular complexity index is 617. The van der Waals surface area contributed by atoms with Crippen molar-refractivity contribution in [3.05, 3.63) is 11.6 Å². The third kappa shape index (κ3) is 3.31. The van der Waals surface area contributed by atoms with Crippen LogP contribution >= 0.6 is 0 Å². The SMILES string of the molecule is Cn1c(CN2CCC(N3CCCC3C(N)=O)CC2)nnc1C1CCC1. The van der Waals surface area contributed by atoms with Gasteiger partial charge in [-0.2, -0.15) is 0 Å². The molecule has 1 unspecified atom stereocenters. The molecule has 3 aliphatic rings. The lowest BCUT2D eigenvalue weighted by molar-refractivity contribution is -0.123. The number of hydrogen-bond donors (Lipinski definition) is 1. The van der Waals surface area contributed by atoms with Crippen LogP contribution in [-0.4, -0.2) is 62.2 Å². The number of nitrogens with two attached hydrogens (primary N) is 1. The minimum Gasteiger partial charge on any atom is -0.368 e. The first-order valence-electron chi connectivity index (χ1n) is 9.79. The molecule has 25 heavy (non-hydrogen) atoms. The molecule has 0 radical (unpaired) electrons. The molecule has 7 nitrogen and oxygen atoms in total. The highest BCUT2D eigenvalue weighted by molar-refractivity contribution is 5.80. The summed E-state index contributed by atoms with van der Waals surface area (Å²) in [6.45, 7) is 4.00. The van der Waals surface area contributed by atoms with E-state index in [0.717, 1.165) is 63.5 Å². The molecule has 3 fully saturated rings. The van der Waals surface area contributed by atoms with E-state index in [1.54, 1.807) is 0 Å². The molecule has 0 aromatic carbocycles. The first-order valence-corrected chi connectivity index (χ1v) is 9.79. The third-order valence-corrected chi connectivity index (χ3v) is 6.48. The number of carbonyl (C=O) groups is 1. The predicted molar refractivity (Wildman–Crippen MR) is 94.8 cm³/mol. The van der Waals surface area contributed by atoms with Gasteiger partial charge in [0.05, 0.1) is 12.6 Å². The largest absolute Gasteiger partial charge is 0.368 e. The summed E-state index contributed by atoms with van der Waals surface area (Å²) < 4.78 is 2.21. The average Bonchev–Trinajstić information content (AvgIpc) is 3.17. The maximum Gasteiger partial charge on any atom is 0.234 e. The lowest BCUT2D eigenvalue weighted by Crippen LogP contribution is -2.50. The van der Waals surface area contributed by atoms with Crippen molar-refractivity contribution >= 4 is 5.91 Å². The van der Waals surface area contributed by atoms with Gasteiger partial charge >= 0.3 is 0 Å². The van der Waals surface area contributed by atoms with E-state index in [1.165, 1.54) is 19.3 Å². The van der Waals surface area contributed by atoms with Crippen molar-refractivity contribution in [1.29, 1.82) is 0 Å². The van der Waals surface area contributed by atoms with Gasteiger partial charge < -0.3 is 10.3 Å². The third-order valence-electron chi connectivity index (χ3n) is 6.48. The van der Waals surface area contributed by atoms with E-state index in [9.17, 15) is 4.79 Å². The minimum atomic E-state index is -0.150. The van der Waals surface area contributed by atoms with E-state index >= 15 is 0 Å². The summed E-state index contributed by atoms with van der Waals surface area (Å²) in [5.74, 6) is 2.72. The van der Waals surface area contributed by atoms with E-state index in [-0.39, 0.29) is 11.9 Å². The molecule has 2 aliphatic heterocycles. The second-order valence-corrected chi connectivity index (χ2v) is 7.97. The number of primary amides is 1. The van der Waals surface area contributed by atoms with Crippen molar-refractivity contribution in [2.75, 3.05) is 19.6 Å². The van der Waals surface area contributed by atoms with E-state index in [1.807, 2.05) is 0 Å². The van der Waals surface area contributed by atoms with Gasteiger partial charge in [-0.1, -0.05) is 6.42 Å². The average molecular weight is 346 g/mol. The second-order valence-electron chi connectivity index (χ2n) is 7.97. The van der Waals surface area contributed by atoms with Crippen LogP contribution in [0.15, 0.2) is 0 Å². The van der Waals surface area contributed by atoms with Crippen LogP contribution < -0.4 is 5.73 Å². The van der Waals surface area contributed by atoms with Gasteiger partial charge in [0, 0.05) is 32.1 Å². The number of amides is 1. The molecule has 4 rings (SSSR count). The molecule has 1 aromatic heterocycles. The summed E-state index contributed by atoms with van der Waals surface area (Å²) in [5, 5.41) is 8.88. The van der Waals surface area contributed by atoms with Gasteiger partial charge in [0.25, 0.3) is 0 Å². The van der Waals surface area contributed by atoms with Gasteiger partial charge in [0.2, 0.25) is 5.91 Å². The van der Waals surface area contributed by atoms with Gasteiger partial charge in [-0.3, -0.25) is 14.6 Å². The molecule has 138 valence electrons. The summed E-state index contributed by atoms with van der Waals surface area (Å²) in [7, 11) is 2.11. The Morgan fingerprint density at radius 2 is 1.84 bits per heavy atom. The van der Waals surface area contributed by atoms with E-state index < -0.39 is 0 Å². The van der Waals surface area contributed by atoms with Crippen molar-refractivity contribution in [2.45, 2.75) is 69.5 Å². The van der Waals surface area contributed by atoms with Gasteiger partial charge in [-0.15, -0.1) is 10.2 Å². The molecule has 2 saturated heterocycles. The Hall–Kier alpha value is -1.47. The fourth-order valence-electron chi connectivity index (χ4n) is 4.68. The summed E-state index contributed by atoms with van der Waals surface area (Å²) in [4.78, 5) is 16.5. The van der Waals surface area contributed by atoms with Crippen LogP contribution in [0.1, 0.15) is 62.5 Å². The zero-order valence-corrected chi connectivity index (χ0v) is 15.2. The number of aromatic nitrogens is 3. The van der Waals surface area contributed by atoms with Crippen molar-refractivity contribution in [1.82, 2.24) is 24.6 Å². The highest BCUT2D eigenvalue weighted by Crippen LogP contribution is 2.35. The van der Waals surface area contributed by atoms with Crippen LogP contribution in [0, 0.1) is 0 Å². The van der Waals surface area contributed by atoms with Crippen LogP contribution in [0.5, 0.6) is 0 Å². The minimum absolute atomic E-state index is 0.0414. The summed E-state index contributed by atoms with van der Waals surface area (Å²) in [6, 6.07) is 0.460. The van der Waals surface area contributed by atoms with Crippen molar-refractivity contribution in [3.8, 4) is 0 Å². The Morgan fingerprint density at radius 1 is 1.08 bits per heavy atom. The van der Waals surface area contributed by atoms with Gasteiger partial charge in [-0.25, -0.2) is 0 Å². The zero-order chi connectivity index (χ0) is 17.4. The van der Waals surface area contributed by atoms with Crippen LogP contribution in [0.2, 0.25) is 0 Å². The van der Waals surface area contributed by atoms with Crippen LogP contribution in [-0.2, 0) is 18.4 Å². The van der Waals surface area contributed by atoms with E-state index in [4.69, 9.17) is 5.73 Å². The summed E-state index contributed by atoms with van der Waals surface area (Å²) in [6.07, 6.45) is 8.08. The number of rotatable bonds is 5. The maximum absolute atomic E-state index is 11.6. The molecule has 3 heterocycles. The summed E-state index contributed by atoms with van der Waals surface area (Å²) in [5.41, 5.74) is 5.57. The molecule has 1 atom stereocenters. The molecule has 1 aliphatic carbocycles. The molecule has 1 amide bonds. The van der Waals surface area contributed by atoms with Crippen molar-refractivity contribution in [2.24, 2.45) is 12.8 Å². The predicted octanol–water partition coefficient (Wildman–Crippen LogP) is 0.997. The van der Waals surface area contributed by atoms with Crippen LogP contribution in [0.4, 0.5) is 0 Å². The first kappa shape index (κ1) is 17.0. The Kier molecular flexibility index (Phi) is 4.78. The van der Waals surface area contributed by atoms with E-state index in [0.29, 0.717) is 12.0 Å². The Labute approximate surface area is 149 Å². The number of piperidine rings is 1. The molecular formula is C18H30N6O. The number of likely N-dealkylation sites (tertiary alicyclic amines) is 2. The first-order chi connectivity index (χ1) is 12.1. The van der Waals surface area contributed by atoms with Gasteiger partial charge in [0.1, 0.15) is 11.6 Å². The molecule has 2 N–H and O–H groups in total. The molecule has 0 spiro atoms. The molecule has 1 saturated carbocycles. The Morgan fingerprint density at radius 3 is 2.48 bits per heavy atom. The van der Waals surface area contributed by atoms with Gasteiger partial charge in [-0.05, 0) is 45.1 Å². The van der Waals surface area contributed by atoms with Crippen molar-refractivity contribution in [3.63, 3.8) is 0 Å². The standard InChI is InChI=1S/C18H30N6O/c1-22-16(20-21-18(22)13-4-2-5-13)12-23-10-7-14(8-11-23)24-9-3-6-15(24)17(19)25/h13-15H,2-12H2,1H3,(H2,19,25). The number of hydrogen-bond acceptors (Lipinski definition) is 5. The van der Waals surface area contributed by atoms with Crippen LogP contribution in [0.3, 0.4) is 0 Å². The number of nitrogens with zero attached hydrogens (tertiary/aromatic N) is 5. The normalized spacial score (nSPS) is 26.8. The molecular weight excluding hydrogens is 316 g/mol. The summed E-state index contributed by atoms with van der Waals surface area (Å²) >= 11 is 0. The molecule has 0 bridgehead atoms. The maximum atomic E-state index is 11.6. The fourth-order valence-corrected chi connectivity index (χ4v) is 4.68. The zero-order valence-electron chi connectivity index (χ0n) is 15.2. The fraction of sp³-hybridized carbons (Fsp3) is 0.833. The topological polar surface area (TPSA) is 80.3 Å². The highest BCUT2D eigenvalue weighted by atomic mass is 16.1. The second kappa shape index (κ2) is 7.03. The van der Waals surface area contributed by atoms with Crippen LogP contribution in [0.25, 0.3) is 0 Å². The van der Waals surface area contributed by atoms with Crippen molar-refractivity contribution < 1.29 is 4.79 Å². The van der Waals surface area contributed by atoms with Gasteiger partial charge in [0.15, 0.2) is 0 Å². The Balaban J connectivity index is 1.32. The molecule has 7 heteroatoms. The lowest BCUT2D eigenvalue weighted by atomic mass is 9.85. The quantitative estimate of drug-likeness (QED) is 0.860. The smallest absolute Gasteiger partial charge is 0.234 e. The number of carbonyl (C=O) groups excluding carboxylic acids is 1. The van der Waals surface area contributed by atoms with E-state index in [2.05, 4.69) is 31.6 Å². The molecule has 1 aromatic rings. The monoisotopic (exact) mass is 346 g/mol. The lowest BCUT2D eigenvalue weighted by Gasteiger charge is -2.38.